The zero-order chi connectivity index (χ0) is 14.9. The molecule has 5 heteroatoms. The minimum Gasteiger partial charge on any atom is -0.464 e. The summed E-state index contributed by atoms with van der Waals surface area (Å²) < 4.78 is 13.4. The van der Waals surface area contributed by atoms with E-state index in [-0.39, 0.29) is 6.10 Å². The molecule has 0 radical (unpaired) electrons. The highest BCUT2D eigenvalue weighted by molar-refractivity contribution is 5.80. The fraction of sp³-hybridized carbons (Fsp3) is 0.353. The minimum absolute atomic E-state index is 0.0608. The van der Waals surface area contributed by atoms with Crippen LogP contribution in [-0.2, 0) is 18.3 Å². The first-order valence-electron chi connectivity index (χ1n) is 7.61. The summed E-state index contributed by atoms with van der Waals surface area (Å²) in [5, 5.41) is 9.03. The molecule has 2 atom stereocenters. The molecule has 114 valence electrons. The Hall–Kier alpha value is -2.11. The van der Waals surface area contributed by atoms with E-state index in [0.29, 0.717) is 6.04 Å². The summed E-state index contributed by atoms with van der Waals surface area (Å²) in [5.74, 6) is 0. The second-order valence-electron chi connectivity index (χ2n) is 5.70. The van der Waals surface area contributed by atoms with E-state index in [9.17, 15) is 0 Å². The van der Waals surface area contributed by atoms with Gasteiger partial charge in [-0.2, -0.15) is 5.10 Å². The largest absolute Gasteiger partial charge is 0.464 e. The Bertz CT molecular complexity index is 777. The van der Waals surface area contributed by atoms with Gasteiger partial charge in [-0.15, -0.1) is 0 Å². The average molecular weight is 297 g/mol. The number of para-hydroxylation sites is 1. The molecule has 1 aromatic carbocycles. The molecule has 3 aromatic rings. The van der Waals surface area contributed by atoms with Crippen LogP contribution in [0.5, 0.6) is 0 Å². The second kappa shape index (κ2) is 5.59. The van der Waals surface area contributed by atoms with Gasteiger partial charge in [0.05, 0.1) is 12.0 Å². The molecule has 0 spiro atoms. The van der Waals surface area contributed by atoms with Crippen molar-refractivity contribution in [1.29, 1.82) is 0 Å². The summed E-state index contributed by atoms with van der Waals surface area (Å²) in [7, 11) is 1.96. The Labute approximate surface area is 128 Å². The van der Waals surface area contributed by atoms with Crippen LogP contribution >= 0.6 is 0 Å². The molecule has 1 saturated heterocycles. The van der Waals surface area contributed by atoms with Gasteiger partial charge in [0.25, 0.3) is 0 Å². The number of furan rings is 1. The van der Waals surface area contributed by atoms with Crippen molar-refractivity contribution in [1.82, 2.24) is 15.1 Å². The maximum atomic E-state index is 5.90. The fourth-order valence-electron chi connectivity index (χ4n) is 3.16. The van der Waals surface area contributed by atoms with E-state index in [1.165, 1.54) is 10.9 Å². The molecule has 0 bridgehead atoms. The molecular formula is C17H19N3O2. The van der Waals surface area contributed by atoms with Gasteiger partial charge in [0.1, 0.15) is 11.7 Å². The summed E-state index contributed by atoms with van der Waals surface area (Å²) in [6.07, 6.45) is 4.72. The number of aromatic nitrogens is 2. The summed E-state index contributed by atoms with van der Waals surface area (Å²) in [6.45, 7) is 1.55. The molecule has 1 aliphatic heterocycles. The topological polar surface area (TPSA) is 52.2 Å². The van der Waals surface area contributed by atoms with E-state index in [0.717, 1.165) is 30.8 Å². The van der Waals surface area contributed by atoms with Crippen LogP contribution in [0.25, 0.3) is 11.0 Å². The van der Waals surface area contributed by atoms with Crippen LogP contribution in [0.1, 0.15) is 23.8 Å². The lowest BCUT2D eigenvalue weighted by molar-refractivity contribution is 0.0919. The van der Waals surface area contributed by atoms with Gasteiger partial charge in [0.15, 0.2) is 0 Å². The van der Waals surface area contributed by atoms with Crippen molar-refractivity contribution >= 4 is 11.0 Å². The Morgan fingerprint density at radius 1 is 1.32 bits per heavy atom. The van der Waals surface area contributed by atoms with Crippen LogP contribution in [0.3, 0.4) is 0 Å². The van der Waals surface area contributed by atoms with Crippen LogP contribution in [0, 0.1) is 0 Å². The summed E-state index contributed by atoms with van der Waals surface area (Å²) in [6, 6.07) is 10.4. The number of rotatable bonds is 4. The Morgan fingerprint density at radius 2 is 2.23 bits per heavy atom. The average Bonchev–Trinajstić information content (AvgIpc) is 3.24. The molecule has 22 heavy (non-hydrogen) atoms. The number of benzene rings is 1. The van der Waals surface area contributed by atoms with E-state index >= 15 is 0 Å². The van der Waals surface area contributed by atoms with Crippen LogP contribution in [0.2, 0.25) is 0 Å². The molecule has 0 aliphatic carbocycles. The van der Waals surface area contributed by atoms with Crippen molar-refractivity contribution in [2.75, 3.05) is 6.61 Å². The quantitative estimate of drug-likeness (QED) is 0.804. The van der Waals surface area contributed by atoms with Crippen molar-refractivity contribution in [3.05, 3.63) is 54.0 Å². The first-order valence-corrected chi connectivity index (χ1v) is 7.61. The number of nitrogens with one attached hydrogen (secondary N) is 1. The maximum absolute atomic E-state index is 5.90. The van der Waals surface area contributed by atoms with Crippen molar-refractivity contribution in [2.24, 2.45) is 7.05 Å². The highest BCUT2D eigenvalue weighted by atomic mass is 16.5. The molecule has 3 heterocycles. The lowest BCUT2D eigenvalue weighted by atomic mass is 10.1. The zero-order valence-electron chi connectivity index (χ0n) is 12.5. The minimum atomic E-state index is 0.0608. The molecule has 0 unspecified atom stereocenters. The predicted octanol–water partition coefficient (Wildman–Crippen LogP) is 2.79. The van der Waals surface area contributed by atoms with Gasteiger partial charge in [0, 0.05) is 43.4 Å². The third-order valence-corrected chi connectivity index (χ3v) is 4.36. The number of nitrogens with zero attached hydrogens (tertiary/aromatic N) is 2. The molecule has 4 rings (SSSR count). The molecule has 2 aromatic heterocycles. The fourth-order valence-corrected chi connectivity index (χ4v) is 3.16. The monoisotopic (exact) mass is 297 g/mol. The summed E-state index contributed by atoms with van der Waals surface area (Å²) in [5.41, 5.74) is 3.24. The first-order chi connectivity index (χ1) is 10.8. The molecular weight excluding hydrogens is 278 g/mol. The normalized spacial score (nSPS) is 21.7. The third-order valence-electron chi connectivity index (χ3n) is 4.36. The van der Waals surface area contributed by atoms with Gasteiger partial charge < -0.3 is 14.5 Å². The van der Waals surface area contributed by atoms with E-state index < -0.39 is 0 Å². The van der Waals surface area contributed by atoms with Crippen LogP contribution < -0.4 is 5.32 Å². The van der Waals surface area contributed by atoms with Crippen molar-refractivity contribution in [3.63, 3.8) is 0 Å². The lowest BCUT2D eigenvalue weighted by Gasteiger charge is -2.19. The highest BCUT2D eigenvalue weighted by Gasteiger charge is 2.31. The van der Waals surface area contributed by atoms with Gasteiger partial charge in [-0.1, -0.05) is 18.2 Å². The van der Waals surface area contributed by atoms with Crippen LogP contribution in [0.4, 0.5) is 0 Å². The van der Waals surface area contributed by atoms with Gasteiger partial charge in [-0.25, -0.2) is 0 Å². The number of fused-ring (bicyclic) bond motifs is 1. The van der Waals surface area contributed by atoms with Crippen LogP contribution in [0.15, 0.2) is 47.2 Å². The second-order valence-corrected chi connectivity index (χ2v) is 5.70. The maximum Gasteiger partial charge on any atom is 0.134 e. The standard InChI is InChI=1S/C17H19N3O2/c1-20-15(6-8-19-20)17-14(7-9-21-17)18-10-12-11-22-16-5-3-2-4-13(12)16/h2-6,8,11,14,17-18H,7,9-10H2,1H3/t14-,17-/m0/s1. The smallest absolute Gasteiger partial charge is 0.134 e. The van der Waals surface area contributed by atoms with E-state index in [4.69, 9.17) is 9.15 Å². The summed E-state index contributed by atoms with van der Waals surface area (Å²) in [4.78, 5) is 0. The number of hydrogen-bond donors (Lipinski definition) is 1. The lowest BCUT2D eigenvalue weighted by Crippen LogP contribution is -2.32. The number of ether oxygens (including phenoxy) is 1. The van der Waals surface area contributed by atoms with Crippen molar-refractivity contribution < 1.29 is 9.15 Å². The van der Waals surface area contributed by atoms with Crippen LogP contribution in [-0.4, -0.2) is 22.4 Å². The van der Waals surface area contributed by atoms with E-state index in [2.05, 4.69) is 16.5 Å². The predicted molar refractivity (Wildman–Crippen MR) is 83.4 cm³/mol. The van der Waals surface area contributed by atoms with E-state index in [1.807, 2.05) is 48.5 Å². The molecule has 1 fully saturated rings. The van der Waals surface area contributed by atoms with Gasteiger partial charge in [-0.3, -0.25) is 4.68 Å². The number of hydrogen-bond acceptors (Lipinski definition) is 4. The van der Waals surface area contributed by atoms with Crippen molar-refractivity contribution in [3.8, 4) is 0 Å². The molecule has 1 aliphatic rings. The van der Waals surface area contributed by atoms with Gasteiger partial charge in [-0.05, 0) is 18.6 Å². The number of aryl methyl sites for hydroxylation is 1. The van der Waals surface area contributed by atoms with E-state index in [1.54, 1.807) is 0 Å². The van der Waals surface area contributed by atoms with Crippen molar-refractivity contribution in [2.45, 2.75) is 25.1 Å². The molecule has 5 nitrogen and oxygen atoms in total. The molecule has 0 amide bonds. The zero-order valence-corrected chi connectivity index (χ0v) is 12.5. The molecule has 1 N–H and O–H groups in total. The van der Waals surface area contributed by atoms with Gasteiger partial charge >= 0.3 is 0 Å². The summed E-state index contributed by atoms with van der Waals surface area (Å²) >= 11 is 0. The first kappa shape index (κ1) is 13.5. The third kappa shape index (κ3) is 2.32. The Kier molecular flexibility index (Phi) is 3.44. The highest BCUT2D eigenvalue weighted by Crippen LogP contribution is 2.29. The Morgan fingerprint density at radius 3 is 3.09 bits per heavy atom. The SMILES string of the molecule is Cn1nccc1[C@H]1OCC[C@@H]1NCc1coc2ccccc12. The van der Waals surface area contributed by atoms with Gasteiger partial charge in [0.2, 0.25) is 0 Å². The molecule has 0 saturated carbocycles. The Balaban J connectivity index is 1.50.